The van der Waals surface area contributed by atoms with E-state index in [-0.39, 0.29) is 11.8 Å². The number of hydrogen-bond donors (Lipinski definition) is 0. The standard InChI is InChI=1S/C23H22N2O3S2/c1-15-8-10-16(11-9-15)14-25-18-7-4-3-6-17(18)19(21(25)26)20-22(27)24(23(29)30-20)12-5-13-28-2/h3-4,6-11H,5,12-14H2,1-2H3/b20-19-. The number of carbonyl (C=O) groups excluding carboxylic acids is 2. The van der Waals surface area contributed by atoms with Gasteiger partial charge in [0.15, 0.2) is 0 Å². The Bertz CT molecular complexity index is 1050. The van der Waals surface area contributed by atoms with Crippen molar-refractivity contribution in [3.63, 3.8) is 0 Å². The molecule has 0 bridgehead atoms. The normalized spacial score (nSPS) is 18.5. The molecular formula is C23H22N2O3S2. The number of ether oxygens (including phenoxy) is 1. The minimum absolute atomic E-state index is 0.158. The molecule has 5 nitrogen and oxygen atoms in total. The van der Waals surface area contributed by atoms with Crippen molar-refractivity contribution in [1.82, 2.24) is 4.90 Å². The summed E-state index contributed by atoms with van der Waals surface area (Å²) in [5, 5.41) is 0. The highest BCUT2D eigenvalue weighted by atomic mass is 32.2. The number of anilines is 1. The Hall–Kier alpha value is -2.48. The molecule has 2 aromatic carbocycles. The molecular weight excluding hydrogens is 416 g/mol. The number of amides is 2. The van der Waals surface area contributed by atoms with Gasteiger partial charge in [-0.15, -0.1) is 0 Å². The van der Waals surface area contributed by atoms with Gasteiger partial charge in [0.05, 0.1) is 22.7 Å². The molecule has 1 saturated heterocycles. The van der Waals surface area contributed by atoms with Gasteiger partial charge in [0, 0.05) is 25.8 Å². The van der Waals surface area contributed by atoms with Crippen molar-refractivity contribution in [2.24, 2.45) is 0 Å². The smallest absolute Gasteiger partial charge is 0.267 e. The molecule has 0 aliphatic carbocycles. The van der Waals surface area contributed by atoms with Crippen molar-refractivity contribution in [2.45, 2.75) is 19.9 Å². The number of hydrogen-bond acceptors (Lipinski definition) is 5. The lowest BCUT2D eigenvalue weighted by Gasteiger charge is -2.17. The summed E-state index contributed by atoms with van der Waals surface area (Å²) >= 11 is 6.65. The van der Waals surface area contributed by atoms with E-state index in [4.69, 9.17) is 17.0 Å². The minimum Gasteiger partial charge on any atom is -0.385 e. The van der Waals surface area contributed by atoms with Crippen LogP contribution in [0.5, 0.6) is 0 Å². The third-order valence-electron chi connectivity index (χ3n) is 5.19. The summed E-state index contributed by atoms with van der Waals surface area (Å²) in [6, 6.07) is 15.7. The number of thioether (sulfide) groups is 1. The van der Waals surface area contributed by atoms with Gasteiger partial charge in [-0.25, -0.2) is 0 Å². The highest BCUT2D eigenvalue weighted by molar-refractivity contribution is 8.26. The second-order valence-corrected chi connectivity index (χ2v) is 8.91. The lowest BCUT2D eigenvalue weighted by molar-refractivity contribution is -0.122. The van der Waals surface area contributed by atoms with Gasteiger partial charge in [-0.3, -0.25) is 14.5 Å². The lowest BCUT2D eigenvalue weighted by atomic mass is 10.1. The Labute approximate surface area is 185 Å². The number of aryl methyl sites for hydroxylation is 1. The topological polar surface area (TPSA) is 49.9 Å². The fraction of sp³-hybridized carbons (Fsp3) is 0.261. The summed E-state index contributed by atoms with van der Waals surface area (Å²) in [6.45, 7) is 3.52. The second-order valence-electron chi connectivity index (χ2n) is 7.27. The molecule has 2 aromatic rings. The molecule has 154 valence electrons. The number of para-hydroxylation sites is 1. The monoisotopic (exact) mass is 438 g/mol. The van der Waals surface area contributed by atoms with Gasteiger partial charge in [-0.2, -0.15) is 0 Å². The van der Waals surface area contributed by atoms with Crippen LogP contribution in [-0.4, -0.2) is 41.3 Å². The molecule has 1 fully saturated rings. The Morgan fingerprint density at radius 1 is 1.00 bits per heavy atom. The van der Waals surface area contributed by atoms with E-state index in [9.17, 15) is 9.59 Å². The van der Waals surface area contributed by atoms with Crippen LogP contribution < -0.4 is 4.90 Å². The largest absolute Gasteiger partial charge is 0.385 e. The van der Waals surface area contributed by atoms with Crippen molar-refractivity contribution in [2.75, 3.05) is 25.2 Å². The predicted octanol–water partition coefficient (Wildman–Crippen LogP) is 4.15. The molecule has 0 saturated carbocycles. The number of nitrogens with zero attached hydrogens (tertiary/aromatic N) is 2. The molecule has 2 aliphatic rings. The summed E-state index contributed by atoms with van der Waals surface area (Å²) in [5.74, 6) is -0.356. The van der Waals surface area contributed by atoms with Crippen LogP contribution in [-0.2, 0) is 20.9 Å². The van der Waals surface area contributed by atoms with Gasteiger partial charge in [-0.1, -0.05) is 72.0 Å². The van der Waals surface area contributed by atoms with Crippen LogP contribution >= 0.6 is 24.0 Å². The van der Waals surface area contributed by atoms with Gasteiger partial charge in [-0.05, 0) is 25.0 Å². The molecule has 0 N–H and O–H groups in total. The quantitative estimate of drug-likeness (QED) is 0.385. The van der Waals surface area contributed by atoms with E-state index in [2.05, 4.69) is 0 Å². The Morgan fingerprint density at radius 2 is 1.73 bits per heavy atom. The molecule has 0 radical (unpaired) electrons. The van der Waals surface area contributed by atoms with Crippen molar-refractivity contribution < 1.29 is 14.3 Å². The van der Waals surface area contributed by atoms with E-state index in [1.54, 1.807) is 16.9 Å². The van der Waals surface area contributed by atoms with Gasteiger partial charge in [0.2, 0.25) is 0 Å². The van der Waals surface area contributed by atoms with Crippen LogP contribution in [0.15, 0.2) is 53.4 Å². The molecule has 2 amide bonds. The van der Waals surface area contributed by atoms with Crippen molar-refractivity contribution >= 4 is 51.4 Å². The third kappa shape index (κ3) is 3.80. The molecule has 2 aliphatic heterocycles. The first-order valence-electron chi connectivity index (χ1n) is 9.75. The summed E-state index contributed by atoms with van der Waals surface area (Å²) in [6.07, 6.45) is 0.690. The lowest BCUT2D eigenvalue weighted by Crippen LogP contribution is -2.30. The number of fused-ring (bicyclic) bond motifs is 1. The highest BCUT2D eigenvalue weighted by Gasteiger charge is 2.41. The summed E-state index contributed by atoms with van der Waals surface area (Å²) < 4.78 is 5.57. The van der Waals surface area contributed by atoms with E-state index < -0.39 is 0 Å². The highest BCUT2D eigenvalue weighted by Crippen LogP contribution is 2.45. The average Bonchev–Trinajstić information content (AvgIpc) is 3.17. The van der Waals surface area contributed by atoms with E-state index >= 15 is 0 Å². The molecule has 0 spiro atoms. The van der Waals surface area contributed by atoms with Crippen molar-refractivity contribution in [3.05, 3.63) is 70.1 Å². The Balaban J connectivity index is 1.69. The van der Waals surface area contributed by atoms with E-state index in [1.165, 1.54) is 17.3 Å². The maximum atomic E-state index is 13.5. The first-order valence-corrected chi connectivity index (χ1v) is 11.0. The average molecular weight is 439 g/mol. The summed E-state index contributed by atoms with van der Waals surface area (Å²) in [5.41, 5.74) is 4.26. The molecule has 0 unspecified atom stereocenters. The van der Waals surface area contributed by atoms with E-state index in [1.807, 2.05) is 55.5 Å². The maximum Gasteiger partial charge on any atom is 0.267 e. The van der Waals surface area contributed by atoms with Crippen LogP contribution in [0.2, 0.25) is 0 Å². The first kappa shape index (κ1) is 20.8. The second kappa shape index (κ2) is 8.71. The molecule has 4 rings (SSSR count). The summed E-state index contributed by atoms with van der Waals surface area (Å²) in [7, 11) is 1.63. The number of carbonyl (C=O) groups is 2. The van der Waals surface area contributed by atoms with Crippen LogP contribution in [0.1, 0.15) is 23.1 Å². The zero-order valence-electron chi connectivity index (χ0n) is 16.9. The fourth-order valence-corrected chi connectivity index (χ4v) is 5.02. The van der Waals surface area contributed by atoms with Crippen LogP contribution in [0, 0.1) is 6.92 Å². The SMILES string of the molecule is COCCCN1C(=O)/C(=C2/C(=O)N(Cc3ccc(C)cc3)c3ccccc32)SC1=S. The molecule has 2 heterocycles. The van der Waals surface area contributed by atoms with E-state index in [0.29, 0.717) is 40.9 Å². The van der Waals surface area contributed by atoms with Crippen LogP contribution in [0.3, 0.4) is 0 Å². The maximum absolute atomic E-state index is 13.5. The van der Waals surface area contributed by atoms with Crippen LogP contribution in [0.25, 0.3) is 5.57 Å². The predicted molar refractivity (Wildman–Crippen MR) is 124 cm³/mol. The van der Waals surface area contributed by atoms with Crippen LogP contribution in [0.4, 0.5) is 5.69 Å². The number of methoxy groups -OCH3 is 1. The Kier molecular flexibility index (Phi) is 6.04. The number of rotatable bonds is 6. The molecule has 30 heavy (non-hydrogen) atoms. The number of benzene rings is 2. The molecule has 0 atom stereocenters. The zero-order valence-corrected chi connectivity index (χ0v) is 18.5. The van der Waals surface area contributed by atoms with Crippen molar-refractivity contribution in [3.8, 4) is 0 Å². The third-order valence-corrected chi connectivity index (χ3v) is 6.64. The van der Waals surface area contributed by atoms with Crippen molar-refractivity contribution in [1.29, 1.82) is 0 Å². The Morgan fingerprint density at radius 3 is 2.47 bits per heavy atom. The van der Waals surface area contributed by atoms with Gasteiger partial charge in [0.25, 0.3) is 11.8 Å². The van der Waals surface area contributed by atoms with Gasteiger partial charge >= 0.3 is 0 Å². The molecule has 7 heteroatoms. The zero-order chi connectivity index (χ0) is 21.3. The minimum atomic E-state index is -0.198. The first-order chi connectivity index (χ1) is 14.5. The van der Waals surface area contributed by atoms with Gasteiger partial charge in [0.1, 0.15) is 4.32 Å². The fourth-order valence-electron chi connectivity index (χ4n) is 3.64. The van der Waals surface area contributed by atoms with Gasteiger partial charge < -0.3 is 9.64 Å². The number of thiocarbonyl (C=S) groups is 1. The molecule has 0 aromatic heterocycles. The van der Waals surface area contributed by atoms with E-state index in [0.717, 1.165) is 16.8 Å². The summed E-state index contributed by atoms with van der Waals surface area (Å²) in [4.78, 5) is 30.3.